The number of carbonyl (C=O) groups is 3. The first-order valence-electron chi connectivity index (χ1n) is 14.4. The van der Waals surface area contributed by atoms with Gasteiger partial charge in [-0.15, -0.1) is 0 Å². The Morgan fingerprint density at radius 3 is 2.63 bits per heavy atom. The van der Waals surface area contributed by atoms with Crippen LogP contribution in [0.1, 0.15) is 55.2 Å². The highest BCUT2D eigenvalue weighted by Gasteiger charge is 2.36. The first-order valence-corrected chi connectivity index (χ1v) is 15.1. The molecule has 1 atom stereocenters. The van der Waals surface area contributed by atoms with Crippen molar-refractivity contribution in [1.29, 1.82) is 5.26 Å². The summed E-state index contributed by atoms with van der Waals surface area (Å²) in [5.74, 6) is -1.75. The molecule has 0 unspecified atom stereocenters. The third-order valence-corrected chi connectivity index (χ3v) is 7.62. The molecule has 3 aromatic carbocycles. The molecule has 238 valence electrons. The molecule has 3 amide bonds. The van der Waals surface area contributed by atoms with Crippen molar-refractivity contribution in [2.24, 2.45) is 0 Å². The van der Waals surface area contributed by atoms with Gasteiger partial charge in [0, 0.05) is 40.3 Å². The van der Waals surface area contributed by atoms with Crippen LogP contribution in [0.5, 0.6) is 11.5 Å². The van der Waals surface area contributed by atoms with E-state index in [9.17, 15) is 19.6 Å². The van der Waals surface area contributed by atoms with Gasteiger partial charge in [-0.1, -0.05) is 29.3 Å². The van der Waals surface area contributed by atoms with E-state index in [0.717, 1.165) is 0 Å². The SMILES string of the molecule is CC(C)(C)OC(=O)N1CCC[C@H]1C(=O)Nc1ccc2[nH]c(C(=O)NCc3ccc(Cl)c(Oc4cc(Cl)cc(C#N)c4)c3F)cc2c1. The first-order chi connectivity index (χ1) is 21.8. The molecule has 0 radical (unpaired) electrons. The van der Waals surface area contributed by atoms with Crippen LogP contribution in [0, 0.1) is 17.1 Å². The zero-order valence-electron chi connectivity index (χ0n) is 25.2. The van der Waals surface area contributed by atoms with E-state index in [1.807, 2.05) is 6.07 Å². The van der Waals surface area contributed by atoms with E-state index in [2.05, 4.69) is 15.6 Å². The monoisotopic (exact) mass is 665 g/mol. The number of amides is 3. The number of aromatic nitrogens is 1. The molecule has 1 aliphatic rings. The third-order valence-electron chi connectivity index (χ3n) is 7.11. The highest BCUT2D eigenvalue weighted by molar-refractivity contribution is 6.32. The minimum atomic E-state index is -0.782. The summed E-state index contributed by atoms with van der Waals surface area (Å²) in [7, 11) is 0. The van der Waals surface area contributed by atoms with Crippen molar-refractivity contribution < 1.29 is 28.2 Å². The molecule has 1 aliphatic heterocycles. The Morgan fingerprint density at radius 2 is 1.89 bits per heavy atom. The van der Waals surface area contributed by atoms with Gasteiger partial charge in [0.05, 0.1) is 16.7 Å². The van der Waals surface area contributed by atoms with Gasteiger partial charge < -0.3 is 25.1 Å². The van der Waals surface area contributed by atoms with Gasteiger partial charge in [0.25, 0.3) is 5.91 Å². The molecule has 13 heteroatoms. The van der Waals surface area contributed by atoms with Crippen LogP contribution >= 0.6 is 23.2 Å². The normalized spacial score (nSPS) is 14.5. The zero-order chi connectivity index (χ0) is 33.2. The summed E-state index contributed by atoms with van der Waals surface area (Å²) in [6.07, 6.45) is 0.678. The lowest BCUT2D eigenvalue weighted by molar-refractivity contribution is -0.120. The Balaban J connectivity index is 1.24. The van der Waals surface area contributed by atoms with Crippen LogP contribution in [-0.4, -0.2) is 46.0 Å². The zero-order valence-corrected chi connectivity index (χ0v) is 26.7. The maximum atomic E-state index is 15.4. The molecule has 1 saturated heterocycles. The van der Waals surface area contributed by atoms with Crippen LogP contribution in [-0.2, 0) is 16.1 Å². The van der Waals surface area contributed by atoms with Crippen LogP contribution < -0.4 is 15.4 Å². The van der Waals surface area contributed by atoms with Crippen molar-refractivity contribution in [3.8, 4) is 17.6 Å². The van der Waals surface area contributed by atoms with Gasteiger partial charge in [0.2, 0.25) is 5.91 Å². The van der Waals surface area contributed by atoms with Gasteiger partial charge in [0.15, 0.2) is 11.6 Å². The lowest BCUT2D eigenvalue weighted by Crippen LogP contribution is -2.45. The second kappa shape index (κ2) is 13.3. The lowest BCUT2D eigenvalue weighted by Gasteiger charge is -2.28. The number of nitriles is 1. The molecule has 4 aromatic rings. The van der Waals surface area contributed by atoms with Crippen molar-refractivity contribution in [3.63, 3.8) is 0 Å². The van der Waals surface area contributed by atoms with Crippen molar-refractivity contribution in [2.45, 2.75) is 51.8 Å². The van der Waals surface area contributed by atoms with Crippen LogP contribution in [0.2, 0.25) is 10.0 Å². The van der Waals surface area contributed by atoms with Gasteiger partial charge in [-0.3, -0.25) is 14.5 Å². The number of carbonyl (C=O) groups excluding carboxylic acids is 3. The molecule has 2 heterocycles. The molecule has 3 N–H and O–H groups in total. The second-order valence-electron chi connectivity index (χ2n) is 11.7. The number of fused-ring (bicyclic) bond motifs is 1. The number of nitrogens with one attached hydrogen (secondary N) is 3. The molecule has 0 spiro atoms. The molecular weight excluding hydrogens is 636 g/mol. The minimum absolute atomic E-state index is 0.00458. The van der Waals surface area contributed by atoms with Gasteiger partial charge in [-0.05, 0) is 82.1 Å². The Bertz CT molecular complexity index is 1880. The van der Waals surface area contributed by atoms with Gasteiger partial charge >= 0.3 is 6.09 Å². The number of benzene rings is 3. The van der Waals surface area contributed by atoms with Gasteiger partial charge in [0.1, 0.15) is 23.1 Å². The summed E-state index contributed by atoms with van der Waals surface area (Å²) in [5, 5.41) is 15.6. The van der Waals surface area contributed by atoms with Crippen LogP contribution in [0.3, 0.4) is 0 Å². The average molecular weight is 667 g/mol. The maximum absolute atomic E-state index is 15.4. The number of likely N-dealkylation sites (tertiary alicyclic amines) is 1. The molecule has 1 fully saturated rings. The van der Waals surface area contributed by atoms with Crippen molar-refractivity contribution >= 4 is 57.7 Å². The Morgan fingerprint density at radius 1 is 1.11 bits per heavy atom. The van der Waals surface area contributed by atoms with E-state index >= 15 is 4.39 Å². The molecule has 0 bridgehead atoms. The molecule has 0 aliphatic carbocycles. The quantitative estimate of drug-likeness (QED) is 0.186. The Hall–Kier alpha value is -4.79. The maximum Gasteiger partial charge on any atom is 0.410 e. The van der Waals surface area contributed by atoms with Crippen molar-refractivity contribution in [2.75, 3.05) is 11.9 Å². The smallest absolute Gasteiger partial charge is 0.410 e. The fourth-order valence-corrected chi connectivity index (χ4v) is 5.42. The van der Waals surface area contributed by atoms with Crippen molar-refractivity contribution in [3.05, 3.63) is 87.3 Å². The molecule has 5 rings (SSSR count). The summed E-state index contributed by atoms with van der Waals surface area (Å²) < 4.78 is 26.5. The Kier molecular flexibility index (Phi) is 9.42. The summed E-state index contributed by atoms with van der Waals surface area (Å²) in [6, 6.07) is 15.2. The van der Waals surface area contributed by atoms with E-state index in [1.54, 1.807) is 45.0 Å². The van der Waals surface area contributed by atoms with E-state index < -0.39 is 29.5 Å². The summed E-state index contributed by atoms with van der Waals surface area (Å²) >= 11 is 12.2. The number of halogens is 3. The van der Waals surface area contributed by atoms with E-state index in [1.165, 1.54) is 35.2 Å². The topological polar surface area (TPSA) is 137 Å². The van der Waals surface area contributed by atoms with Crippen molar-refractivity contribution in [1.82, 2.24) is 15.2 Å². The number of hydrogen-bond donors (Lipinski definition) is 3. The molecule has 0 saturated carbocycles. The predicted molar refractivity (Wildman–Crippen MR) is 172 cm³/mol. The number of anilines is 1. The van der Waals surface area contributed by atoms with E-state index in [4.69, 9.17) is 32.7 Å². The minimum Gasteiger partial charge on any atom is -0.453 e. The van der Waals surface area contributed by atoms with Gasteiger partial charge in [-0.25, -0.2) is 9.18 Å². The number of aromatic amines is 1. The number of nitrogens with zero attached hydrogens (tertiary/aromatic N) is 2. The van der Waals surface area contributed by atoms with Crippen LogP contribution in [0.25, 0.3) is 10.9 Å². The first kappa shape index (κ1) is 32.6. The fraction of sp³-hybridized carbons (Fsp3) is 0.273. The van der Waals surface area contributed by atoms with Gasteiger partial charge in [-0.2, -0.15) is 5.26 Å². The highest BCUT2D eigenvalue weighted by Crippen LogP contribution is 2.35. The van der Waals surface area contributed by atoms with E-state index in [-0.39, 0.29) is 50.8 Å². The molecular formula is C33H30Cl2FN5O5. The second-order valence-corrected chi connectivity index (χ2v) is 12.6. The van der Waals surface area contributed by atoms with Crippen LogP contribution in [0.4, 0.5) is 14.9 Å². The number of hydrogen-bond acceptors (Lipinski definition) is 6. The largest absolute Gasteiger partial charge is 0.453 e. The molecule has 10 nitrogen and oxygen atoms in total. The number of rotatable bonds is 7. The summed E-state index contributed by atoms with van der Waals surface area (Å²) in [6.45, 7) is 5.57. The van der Waals surface area contributed by atoms with E-state index in [0.29, 0.717) is 36.0 Å². The lowest BCUT2D eigenvalue weighted by atomic mass is 10.1. The molecule has 46 heavy (non-hydrogen) atoms. The standard InChI is InChI=1S/C33H30Cl2FN5O5/c1-33(2,3)46-32(44)41-10-4-5-27(41)31(43)39-22-7-9-25-20(13-22)14-26(40-25)30(42)38-17-19-6-8-24(35)29(28(19)36)45-23-12-18(16-37)11-21(34)15-23/h6-9,11-15,27,40H,4-5,10,17H2,1-3H3,(H,38,42)(H,39,43)/t27-/m0/s1. The predicted octanol–water partition coefficient (Wildman–Crippen LogP) is 7.55. The fourth-order valence-electron chi connectivity index (χ4n) is 5.01. The summed E-state index contributed by atoms with van der Waals surface area (Å²) in [4.78, 5) is 43.2. The van der Waals surface area contributed by atoms with Crippen LogP contribution in [0.15, 0.2) is 54.6 Å². The number of ether oxygens (including phenoxy) is 2. The molecule has 1 aromatic heterocycles. The Labute approximate surface area is 274 Å². The number of H-pyrrole nitrogens is 1. The average Bonchev–Trinajstić information content (AvgIpc) is 3.65. The highest BCUT2D eigenvalue weighted by atomic mass is 35.5. The summed E-state index contributed by atoms with van der Waals surface area (Å²) in [5.41, 5.74) is 1.03. The third kappa shape index (κ3) is 7.53.